The van der Waals surface area contributed by atoms with Crippen molar-refractivity contribution in [2.24, 2.45) is 0 Å². The van der Waals surface area contributed by atoms with Crippen LogP contribution in [-0.4, -0.2) is 37.6 Å². The van der Waals surface area contributed by atoms with E-state index in [2.05, 4.69) is 14.7 Å². The van der Waals surface area contributed by atoms with Crippen LogP contribution in [-0.2, 0) is 4.74 Å². The van der Waals surface area contributed by atoms with Gasteiger partial charge >= 0.3 is 73.8 Å². The zero-order valence-electron chi connectivity index (χ0n) is 6.33. The maximum atomic E-state index is 11.0. The van der Waals surface area contributed by atoms with Gasteiger partial charge in [-0.25, -0.2) is 0 Å². The van der Waals surface area contributed by atoms with Gasteiger partial charge in [-0.3, -0.25) is 0 Å². The van der Waals surface area contributed by atoms with Crippen molar-refractivity contribution in [3.05, 3.63) is 16.8 Å². The number of nitrogens with zero attached hydrogens (tertiary/aromatic N) is 1. The van der Waals surface area contributed by atoms with Gasteiger partial charge in [0, 0.05) is 0 Å². The fourth-order valence-corrected chi connectivity index (χ4v) is 2.38. The summed E-state index contributed by atoms with van der Waals surface area (Å²) < 4.78 is 5.67. The van der Waals surface area contributed by atoms with Crippen LogP contribution in [0.4, 0.5) is 0 Å². The Morgan fingerprint density at radius 2 is 2.58 bits per heavy atom. The molecule has 5 heteroatoms. The van der Waals surface area contributed by atoms with E-state index in [-0.39, 0.29) is 20.5 Å². The van der Waals surface area contributed by atoms with Gasteiger partial charge in [0.1, 0.15) is 0 Å². The summed E-state index contributed by atoms with van der Waals surface area (Å²) in [6.45, 7) is 0. The number of ether oxygens (including phenoxy) is 1. The number of esters is 1. The summed E-state index contributed by atoms with van der Waals surface area (Å²) in [7, 11) is 1.36. The number of hydrogen-bond donors (Lipinski definition) is 1. The number of carbonyl (C=O) groups excluding carboxylic acids is 1. The molecule has 2 rings (SSSR count). The van der Waals surface area contributed by atoms with Gasteiger partial charge < -0.3 is 0 Å². The van der Waals surface area contributed by atoms with E-state index in [0.717, 1.165) is 9.91 Å². The molecule has 62 valence electrons. The third-order valence-corrected chi connectivity index (χ3v) is 3.16. The number of fused-ring (bicyclic) bond motifs is 1. The molecule has 4 nitrogen and oxygen atoms in total. The average Bonchev–Trinajstić information content (AvgIpc) is 2.60. The molecule has 0 amide bonds. The van der Waals surface area contributed by atoms with Crippen molar-refractivity contribution in [2.45, 2.75) is 0 Å². The summed E-state index contributed by atoms with van der Waals surface area (Å²) in [6.07, 6.45) is 0. The second-order valence-electron chi connectivity index (χ2n) is 2.24. The Hall–Kier alpha value is -1.06. The number of H-pyrrole nitrogens is 1. The molecule has 0 aromatic carbocycles. The van der Waals surface area contributed by atoms with Crippen LogP contribution in [0, 0.1) is 0 Å². The molecule has 0 bridgehead atoms. The van der Waals surface area contributed by atoms with Crippen LogP contribution in [0.3, 0.4) is 0 Å². The summed E-state index contributed by atoms with van der Waals surface area (Å²) in [6, 6.07) is 1.80. The summed E-state index contributed by atoms with van der Waals surface area (Å²) >= 11 is 0.276. The quantitative estimate of drug-likeness (QED) is 0.569. The molecule has 0 saturated heterocycles. The van der Waals surface area contributed by atoms with Gasteiger partial charge in [-0.05, 0) is 0 Å². The Bertz CT molecular complexity index is 389. The molecule has 2 aromatic rings. The Balaban J connectivity index is 2.51. The molecule has 0 aliphatic carbocycles. The molecule has 0 aliphatic heterocycles. The van der Waals surface area contributed by atoms with Crippen molar-refractivity contribution in [3.63, 3.8) is 0 Å². The molecule has 0 unspecified atom stereocenters. The predicted molar refractivity (Wildman–Crippen MR) is 44.4 cm³/mol. The third kappa shape index (κ3) is 1.07. The van der Waals surface area contributed by atoms with E-state index in [1.165, 1.54) is 7.11 Å². The van der Waals surface area contributed by atoms with Crippen LogP contribution in [0.1, 0.15) is 10.5 Å². The molecule has 2 aromatic heterocycles. The molecule has 2 heterocycles. The predicted octanol–water partition coefficient (Wildman–Crippen LogP) is 0.406. The first kappa shape index (κ1) is 7.58. The number of aromatic amines is 1. The first-order valence-corrected chi connectivity index (χ1v) is 5.16. The van der Waals surface area contributed by atoms with Crippen LogP contribution in [0.25, 0.3) is 9.91 Å². The number of carbonyl (C=O) groups is 1. The standard InChI is InChI=1S/C7H6N2O2Se/c1-11-7(10)4-2-5-6(9-4)8-3-12-5/h2-3,9H,1H3. The molecular weight excluding hydrogens is 223 g/mol. The van der Waals surface area contributed by atoms with Crippen molar-refractivity contribution in [2.75, 3.05) is 7.11 Å². The number of hydrogen-bond acceptors (Lipinski definition) is 3. The van der Waals surface area contributed by atoms with Crippen LogP contribution in [0.2, 0.25) is 0 Å². The van der Waals surface area contributed by atoms with Gasteiger partial charge in [-0.2, -0.15) is 0 Å². The number of methoxy groups -OCH3 is 1. The summed E-state index contributed by atoms with van der Waals surface area (Å²) in [5, 5.41) is 1.87. The van der Waals surface area contributed by atoms with Gasteiger partial charge in [0.2, 0.25) is 0 Å². The van der Waals surface area contributed by atoms with Gasteiger partial charge in [-0.1, -0.05) is 0 Å². The summed E-state index contributed by atoms with van der Waals surface area (Å²) in [5.41, 5.74) is 1.29. The zero-order chi connectivity index (χ0) is 8.55. The Morgan fingerprint density at radius 1 is 1.75 bits per heavy atom. The molecule has 0 spiro atoms. The number of rotatable bonds is 1. The van der Waals surface area contributed by atoms with E-state index in [4.69, 9.17) is 0 Å². The van der Waals surface area contributed by atoms with Crippen LogP contribution < -0.4 is 0 Å². The topological polar surface area (TPSA) is 55.0 Å². The molecule has 1 N–H and O–H groups in total. The zero-order valence-corrected chi connectivity index (χ0v) is 8.04. The minimum atomic E-state index is -0.338. The molecule has 12 heavy (non-hydrogen) atoms. The van der Waals surface area contributed by atoms with E-state index < -0.39 is 0 Å². The van der Waals surface area contributed by atoms with Gasteiger partial charge in [-0.15, -0.1) is 0 Å². The van der Waals surface area contributed by atoms with Gasteiger partial charge in [0.25, 0.3) is 0 Å². The molecule has 0 aliphatic rings. The molecule has 0 fully saturated rings. The summed E-state index contributed by atoms with van der Waals surface area (Å²) in [5.74, 6) is -0.338. The fraction of sp³-hybridized carbons (Fsp3) is 0.143. The Kier molecular flexibility index (Phi) is 1.75. The normalized spacial score (nSPS) is 10.4. The van der Waals surface area contributed by atoms with Crippen molar-refractivity contribution < 1.29 is 9.53 Å². The second kappa shape index (κ2) is 2.77. The Labute approximate surface area is 74.3 Å². The average molecular weight is 229 g/mol. The van der Waals surface area contributed by atoms with Crippen molar-refractivity contribution in [1.29, 1.82) is 0 Å². The molecular formula is C7H6N2O2Se. The van der Waals surface area contributed by atoms with E-state index in [1.807, 2.05) is 5.07 Å². The molecule has 0 atom stereocenters. The Morgan fingerprint density at radius 3 is 3.25 bits per heavy atom. The number of nitrogens with one attached hydrogen (secondary N) is 1. The van der Waals surface area contributed by atoms with E-state index in [9.17, 15) is 4.79 Å². The minimum absolute atomic E-state index is 0.276. The van der Waals surface area contributed by atoms with E-state index in [1.54, 1.807) is 6.07 Å². The van der Waals surface area contributed by atoms with Crippen LogP contribution in [0.15, 0.2) is 11.1 Å². The maximum absolute atomic E-state index is 11.0. The van der Waals surface area contributed by atoms with Crippen LogP contribution in [0.5, 0.6) is 0 Å². The first-order chi connectivity index (χ1) is 5.81. The van der Waals surface area contributed by atoms with Crippen LogP contribution >= 0.6 is 0 Å². The van der Waals surface area contributed by atoms with E-state index in [0.29, 0.717) is 5.69 Å². The van der Waals surface area contributed by atoms with Crippen molar-refractivity contribution in [1.82, 2.24) is 9.97 Å². The molecule has 0 radical (unpaired) electrons. The fourth-order valence-electron chi connectivity index (χ4n) is 0.966. The van der Waals surface area contributed by atoms with Crippen molar-refractivity contribution >= 4 is 30.4 Å². The SMILES string of the molecule is COC(=O)c1cc2[se]cnc2[nH]1. The molecule has 0 saturated carbocycles. The second-order valence-corrected chi connectivity index (χ2v) is 4.10. The summed E-state index contributed by atoms with van der Waals surface area (Å²) in [4.78, 5) is 18.0. The van der Waals surface area contributed by atoms with Gasteiger partial charge in [0.15, 0.2) is 0 Å². The van der Waals surface area contributed by atoms with E-state index >= 15 is 0 Å². The van der Waals surface area contributed by atoms with Crippen molar-refractivity contribution in [3.8, 4) is 0 Å². The van der Waals surface area contributed by atoms with Gasteiger partial charge in [0.05, 0.1) is 0 Å². The first-order valence-electron chi connectivity index (χ1n) is 3.32. The number of aromatic nitrogens is 2. The third-order valence-electron chi connectivity index (χ3n) is 1.53. The monoisotopic (exact) mass is 230 g/mol.